The summed E-state index contributed by atoms with van der Waals surface area (Å²) in [5, 5.41) is 0.0432. The molecule has 3 atom stereocenters. The van der Waals surface area contributed by atoms with Crippen molar-refractivity contribution < 1.29 is 14.0 Å². The number of aromatic nitrogens is 2. The van der Waals surface area contributed by atoms with Gasteiger partial charge in [0.05, 0.1) is 18.6 Å². The molecule has 1 saturated heterocycles. The van der Waals surface area contributed by atoms with Crippen LogP contribution in [0.1, 0.15) is 59.8 Å². The van der Waals surface area contributed by atoms with Crippen molar-refractivity contribution in [2.45, 2.75) is 85.4 Å². The summed E-state index contributed by atoms with van der Waals surface area (Å²) in [5.74, 6) is -0.276. The first kappa shape index (κ1) is 23.8. The Kier molecular flexibility index (Phi) is 6.52. The van der Waals surface area contributed by atoms with E-state index < -0.39 is 37.3 Å². The number of carbonyl (C=O) groups is 1. The molecule has 0 spiro atoms. The lowest BCUT2D eigenvalue weighted by atomic mass is 9.80. The first-order chi connectivity index (χ1) is 13.0. The van der Waals surface area contributed by atoms with Gasteiger partial charge in [-0.2, -0.15) is 0 Å². The number of hydrogen-bond acceptors (Lipinski definition) is 5. The summed E-state index contributed by atoms with van der Waals surface area (Å²) in [6.45, 7) is 18.5. The van der Waals surface area contributed by atoms with E-state index in [1.165, 1.54) is 10.8 Å². The molecule has 0 saturated carbocycles. The Morgan fingerprint density at radius 2 is 1.83 bits per heavy atom. The van der Waals surface area contributed by atoms with Gasteiger partial charge in [-0.25, -0.2) is 4.79 Å². The summed E-state index contributed by atoms with van der Waals surface area (Å²) in [7, 11) is -2.02. The largest absolute Gasteiger partial charge is 0.414 e. The lowest BCUT2D eigenvalue weighted by molar-refractivity contribution is -0.133. The van der Waals surface area contributed by atoms with Crippen LogP contribution >= 0.6 is 0 Å². The third kappa shape index (κ3) is 5.16. The highest BCUT2D eigenvalue weighted by molar-refractivity contribution is 6.74. The molecular formula is C21H36N2O5Si. The van der Waals surface area contributed by atoms with E-state index >= 15 is 0 Å². The molecule has 0 amide bonds. The first-order valence-corrected chi connectivity index (χ1v) is 13.1. The third-order valence-corrected chi connectivity index (χ3v) is 10.7. The van der Waals surface area contributed by atoms with Crippen LogP contribution in [-0.4, -0.2) is 36.4 Å². The van der Waals surface area contributed by atoms with Crippen LogP contribution in [0.15, 0.2) is 15.8 Å². The Morgan fingerprint density at radius 1 is 1.24 bits per heavy atom. The van der Waals surface area contributed by atoms with Crippen LogP contribution in [0.25, 0.3) is 0 Å². The maximum atomic E-state index is 13.1. The molecule has 1 aromatic heterocycles. The molecule has 0 aromatic carbocycles. The van der Waals surface area contributed by atoms with Gasteiger partial charge in [-0.15, -0.1) is 0 Å². The molecule has 0 unspecified atom stereocenters. The molecule has 2 rings (SSSR count). The number of rotatable bonds is 5. The minimum absolute atomic E-state index is 0.0432. The number of Topliss-reactive ketones (excluding diaryl/α,β-unsaturated/α-hetero) is 1. The second-order valence-corrected chi connectivity index (χ2v) is 15.4. The molecule has 1 aromatic rings. The Morgan fingerprint density at radius 3 is 2.34 bits per heavy atom. The predicted molar refractivity (Wildman–Crippen MR) is 116 cm³/mol. The van der Waals surface area contributed by atoms with Gasteiger partial charge in [0.2, 0.25) is 0 Å². The normalized spacial score (nSPS) is 23.4. The van der Waals surface area contributed by atoms with Gasteiger partial charge in [0.25, 0.3) is 5.56 Å². The van der Waals surface area contributed by atoms with E-state index in [4.69, 9.17) is 9.16 Å². The molecule has 0 aliphatic carbocycles. The van der Waals surface area contributed by atoms with Crippen molar-refractivity contribution in [1.29, 1.82) is 0 Å². The SMILES string of the molecule is Cc1cn([C@H]2C[C@H](C(=O)C(C)(C)C)[C@@H](CO[Si](C)(C)C(C)(C)C)O2)c(=O)[nH]c1=O. The number of carbonyl (C=O) groups excluding carboxylic acids is 1. The number of nitrogens with one attached hydrogen (secondary N) is 1. The predicted octanol–water partition coefficient (Wildman–Crippen LogP) is 3.39. The number of ketones is 1. The van der Waals surface area contributed by atoms with E-state index in [2.05, 4.69) is 38.8 Å². The van der Waals surface area contributed by atoms with Gasteiger partial charge in [0, 0.05) is 23.6 Å². The number of aryl methyl sites for hydroxylation is 1. The standard InChI is InChI=1S/C21H36N2O5Si/c1-13-11-23(19(26)22-18(13)25)16-10-14(17(24)20(2,3)4)15(28-16)12-27-29(8,9)21(5,6)7/h11,14-16H,10,12H2,1-9H3,(H,22,25,26)/t14-,15+,16+/m0/s1. The second-order valence-electron chi connectivity index (χ2n) is 10.6. The maximum absolute atomic E-state index is 13.1. The number of hydrogen-bond donors (Lipinski definition) is 1. The van der Waals surface area contributed by atoms with Gasteiger partial charge in [-0.05, 0) is 25.1 Å². The van der Waals surface area contributed by atoms with E-state index in [0.717, 1.165) is 0 Å². The molecule has 29 heavy (non-hydrogen) atoms. The van der Waals surface area contributed by atoms with Crippen LogP contribution in [0.4, 0.5) is 0 Å². The molecule has 8 heteroatoms. The number of nitrogens with zero attached hydrogens (tertiary/aromatic N) is 1. The quantitative estimate of drug-likeness (QED) is 0.732. The van der Waals surface area contributed by atoms with Crippen LogP contribution in [-0.2, 0) is 14.0 Å². The summed E-state index contributed by atoms with van der Waals surface area (Å²) in [6, 6.07) is 0. The Balaban J connectivity index is 2.33. The van der Waals surface area contributed by atoms with Crippen LogP contribution in [0.3, 0.4) is 0 Å². The van der Waals surface area contributed by atoms with Crippen molar-refractivity contribution in [3.8, 4) is 0 Å². The maximum Gasteiger partial charge on any atom is 0.330 e. The van der Waals surface area contributed by atoms with E-state index in [1.54, 1.807) is 6.92 Å². The zero-order chi connectivity index (χ0) is 22.4. The van der Waals surface area contributed by atoms with Crippen molar-refractivity contribution in [2.75, 3.05) is 6.61 Å². The smallest absolute Gasteiger partial charge is 0.330 e. The fraction of sp³-hybridized carbons (Fsp3) is 0.762. The minimum Gasteiger partial charge on any atom is -0.414 e. The fourth-order valence-corrected chi connectivity index (χ4v) is 4.21. The molecule has 1 aliphatic heterocycles. The van der Waals surface area contributed by atoms with Crippen molar-refractivity contribution in [3.05, 3.63) is 32.6 Å². The zero-order valence-corrected chi connectivity index (χ0v) is 20.2. The molecule has 0 bridgehead atoms. The average Bonchev–Trinajstić information content (AvgIpc) is 2.97. The summed E-state index contributed by atoms with van der Waals surface area (Å²) in [5.41, 5.74) is -1.04. The molecule has 1 N–H and O–H groups in total. The molecule has 1 aliphatic rings. The van der Waals surface area contributed by atoms with E-state index in [9.17, 15) is 14.4 Å². The Hall–Kier alpha value is -1.51. The van der Waals surface area contributed by atoms with Gasteiger partial charge in [-0.3, -0.25) is 19.1 Å². The van der Waals surface area contributed by atoms with E-state index in [0.29, 0.717) is 18.6 Å². The molecule has 164 valence electrons. The van der Waals surface area contributed by atoms with Crippen LogP contribution in [0.5, 0.6) is 0 Å². The number of ether oxygens (including phenoxy) is 1. The van der Waals surface area contributed by atoms with Crippen molar-refractivity contribution in [2.24, 2.45) is 11.3 Å². The van der Waals surface area contributed by atoms with Gasteiger partial charge in [0.15, 0.2) is 8.32 Å². The lowest BCUT2D eigenvalue weighted by Gasteiger charge is -2.37. The fourth-order valence-electron chi connectivity index (χ4n) is 3.19. The molecular weight excluding hydrogens is 388 g/mol. The lowest BCUT2D eigenvalue weighted by Crippen LogP contribution is -2.44. The van der Waals surface area contributed by atoms with Crippen molar-refractivity contribution in [1.82, 2.24) is 9.55 Å². The molecule has 7 nitrogen and oxygen atoms in total. The van der Waals surface area contributed by atoms with Gasteiger partial charge < -0.3 is 9.16 Å². The van der Waals surface area contributed by atoms with Crippen LogP contribution < -0.4 is 11.2 Å². The summed E-state index contributed by atoms with van der Waals surface area (Å²) in [6.07, 6.45) is 0.844. The third-order valence-electron chi connectivity index (χ3n) is 6.18. The van der Waals surface area contributed by atoms with E-state index in [-0.39, 0.29) is 16.7 Å². The van der Waals surface area contributed by atoms with Crippen molar-refractivity contribution in [3.63, 3.8) is 0 Å². The zero-order valence-electron chi connectivity index (χ0n) is 19.2. The molecule has 0 radical (unpaired) electrons. The molecule has 1 fully saturated rings. The van der Waals surface area contributed by atoms with Crippen molar-refractivity contribution >= 4 is 14.1 Å². The molecule has 2 heterocycles. The second kappa shape index (κ2) is 7.96. The first-order valence-electron chi connectivity index (χ1n) is 10.2. The highest BCUT2D eigenvalue weighted by atomic mass is 28.4. The Labute approximate surface area is 173 Å². The Bertz CT molecular complexity index is 873. The highest BCUT2D eigenvalue weighted by Crippen LogP contribution is 2.40. The summed E-state index contributed by atoms with van der Waals surface area (Å²) >= 11 is 0. The van der Waals surface area contributed by atoms with Gasteiger partial charge >= 0.3 is 5.69 Å². The van der Waals surface area contributed by atoms with Gasteiger partial charge in [0.1, 0.15) is 12.0 Å². The highest BCUT2D eigenvalue weighted by Gasteiger charge is 2.46. The van der Waals surface area contributed by atoms with Crippen LogP contribution in [0.2, 0.25) is 18.1 Å². The topological polar surface area (TPSA) is 90.4 Å². The number of H-pyrrole nitrogens is 1. The summed E-state index contributed by atoms with van der Waals surface area (Å²) < 4.78 is 13.9. The monoisotopic (exact) mass is 424 g/mol. The minimum atomic E-state index is -2.02. The summed E-state index contributed by atoms with van der Waals surface area (Å²) in [4.78, 5) is 39.5. The van der Waals surface area contributed by atoms with E-state index in [1.807, 2.05) is 20.8 Å². The van der Waals surface area contributed by atoms with Gasteiger partial charge in [-0.1, -0.05) is 41.5 Å². The number of aromatic amines is 1. The average molecular weight is 425 g/mol. The van der Waals surface area contributed by atoms with Crippen LogP contribution in [0, 0.1) is 18.3 Å².